The van der Waals surface area contributed by atoms with E-state index in [-0.39, 0.29) is 5.91 Å². The average molecular weight is 441 g/mol. The summed E-state index contributed by atoms with van der Waals surface area (Å²) in [6.45, 7) is 5.76. The van der Waals surface area contributed by atoms with Crippen molar-refractivity contribution in [2.75, 3.05) is 33.3 Å². The molecule has 7 heteroatoms. The van der Waals surface area contributed by atoms with Gasteiger partial charge in [-0.05, 0) is 38.9 Å². The molecule has 31 heavy (non-hydrogen) atoms. The highest BCUT2D eigenvalue weighted by Gasteiger charge is 2.25. The van der Waals surface area contributed by atoms with Gasteiger partial charge in [0.1, 0.15) is 12.4 Å². The second-order valence-corrected chi connectivity index (χ2v) is 9.29. The molecule has 1 amide bonds. The molecule has 1 aliphatic heterocycles. The molecule has 3 heterocycles. The van der Waals surface area contributed by atoms with E-state index in [2.05, 4.69) is 35.4 Å². The third kappa shape index (κ3) is 5.46. The molecular formula is C24H32N4O2S. The van der Waals surface area contributed by atoms with Crippen LogP contribution < -0.4 is 4.74 Å². The van der Waals surface area contributed by atoms with E-state index in [0.29, 0.717) is 18.8 Å². The van der Waals surface area contributed by atoms with Gasteiger partial charge in [0.2, 0.25) is 0 Å². The van der Waals surface area contributed by atoms with Gasteiger partial charge in [0.25, 0.3) is 5.91 Å². The summed E-state index contributed by atoms with van der Waals surface area (Å²) in [6.07, 6.45) is 7.88. The quantitative estimate of drug-likeness (QED) is 0.538. The SMILES string of the molecule is Cc1ccc(OCCN(C)Cc2c(C(=O)N3CCCCCCC3)nc3sccn23)cc1. The monoisotopic (exact) mass is 440 g/mol. The lowest BCUT2D eigenvalue weighted by atomic mass is 10.1. The number of hydrogen-bond donors (Lipinski definition) is 0. The van der Waals surface area contributed by atoms with Gasteiger partial charge in [-0.1, -0.05) is 37.0 Å². The first kappa shape index (κ1) is 21.8. The Morgan fingerprint density at radius 3 is 2.58 bits per heavy atom. The summed E-state index contributed by atoms with van der Waals surface area (Å²) in [7, 11) is 2.06. The molecule has 3 aromatic rings. The molecular weight excluding hydrogens is 408 g/mol. The van der Waals surface area contributed by atoms with Crippen LogP contribution in [0.2, 0.25) is 0 Å². The number of amides is 1. The molecule has 6 nitrogen and oxygen atoms in total. The standard InChI is InChI=1S/C24H32N4O2S/c1-19-8-10-20(11-9-19)30-16-14-26(2)18-21-22(25-24-28(21)15-17-31-24)23(29)27-12-6-4-3-5-7-13-27/h8-11,15,17H,3-7,12-14,16,18H2,1-2H3. The van der Waals surface area contributed by atoms with Crippen LogP contribution in [-0.4, -0.2) is 58.4 Å². The Morgan fingerprint density at radius 2 is 1.84 bits per heavy atom. The zero-order valence-corrected chi connectivity index (χ0v) is 19.4. The average Bonchev–Trinajstić information content (AvgIpc) is 3.31. The second kappa shape index (κ2) is 10.3. The Kier molecular flexibility index (Phi) is 7.25. The van der Waals surface area contributed by atoms with Gasteiger partial charge < -0.3 is 9.64 Å². The van der Waals surface area contributed by atoms with Crippen LogP contribution in [0.5, 0.6) is 5.75 Å². The largest absolute Gasteiger partial charge is 0.492 e. The van der Waals surface area contributed by atoms with E-state index in [1.807, 2.05) is 28.6 Å². The van der Waals surface area contributed by atoms with Gasteiger partial charge in [-0.3, -0.25) is 14.1 Å². The maximum atomic E-state index is 13.4. The molecule has 4 rings (SSSR count). The number of aryl methyl sites for hydroxylation is 1. The van der Waals surface area contributed by atoms with Gasteiger partial charge in [0, 0.05) is 37.8 Å². The normalized spacial score (nSPS) is 15.3. The minimum absolute atomic E-state index is 0.0807. The number of thiazole rings is 1. The highest BCUT2D eigenvalue weighted by atomic mass is 32.1. The van der Waals surface area contributed by atoms with E-state index in [9.17, 15) is 4.79 Å². The topological polar surface area (TPSA) is 50.1 Å². The van der Waals surface area contributed by atoms with Crippen molar-refractivity contribution in [2.45, 2.75) is 45.6 Å². The van der Waals surface area contributed by atoms with Crippen LogP contribution in [0.15, 0.2) is 35.8 Å². The molecule has 0 atom stereocenters. The van der Waals surface area contributed by atoms with Crippen molar-refractivity contribution in [2.24, 2.45) is 0 Å². The third-order valence-corrected chi connectivity index (χ3v) is 6.65. The lowest BCUT2D eigenvalue weighted by molar-refractivity contribution is 0.0735. The van der Waals surface area contributed by atoms with Crippen LogP contribution in [0, 0.1) is 6.92 Å². The molecule has 166 valence electrons. The van der Waals surface area contributed by atoms with Crippen molar-refractivity contribution in [1.29, 1.82) is 0 Å². The van der Waals surface area contributed by atoms with Crippen LogP contribution in [0.25, 0.3) is 4.96 Å². The number of rotatable bonds is 7. The van der Waals surface area contributed by atoms with Crippen LogP contribution in [0.3, 0.4) is 0 Å². The summed E-state index contributed by atoms with van der Waals surface area (Å²) >= 11 is 1.58. The Morgan fingerprint density at radius 1 is 1.13 bits per heavy atom. The van der Waals surface area contributed by atoms with Gasteiger partial charge in [0.15, 0.2) is 10.7 Å². The first-order valence-corrected chi connectivity index (χ1v) is 12.1. The summed E-state index contributed by atoms with van der Waals surface area (Å²) in [4.78, 5) is 23.2. The number of hydrogen-bond acceptors (Lipinski definition) is 5. The predicted octanol–water partition coefficient (Wildman–Crippen LogP) is 4.62. The minimum Gasteiger partial charge on any atom is -0.492 e. The predicted molar refractivity (Wildman–Crippen MR) is 125 cm³/mol. The first-order chi connectivity index (χ1) is 15.1. The fraction of sp³-hybridized carbons (Fsp3) is 0.500. The number of ether oxygens (including phenoxy) is 1. The number of imidazole rings is 1. The number of likely N-dealkylation sites (tertiary alicyclic amines) is 1. The van der Waals surface area contributed by atoms with Crippen molar-refractivity contribution >= 4 is 22.2 Å². The first-order valence-electron chi connectivity index (χ1n) is 11.2. The Labute approximate surface area is 188 Å². The molecule has 0 saturated carbocycles. The van der Waals surface area contributed by atoms with Crippen molar-refractivity contribution < 1.29 is 9.53 Å². The lowest BCUT2D eigenvalue weighted by Gasteiger charge is -2.25. The molecule has 0 unspecified atom stereocenters. The molecule has 1 aromatic carbocycles. The number of carbonyl (C=O) groups is 1. The van der Waals surface area contributed by atoms with Gasteiger partial charge in [-0.15, -0.1) is 11.3 Å². The van der Waals surface area contributed by atoms with E-state index < -0.39 is 0 Å². The van der Waals surface area contributed by atoms with E-state index >= 15 is 0 Å². The van der Waals surface area contributed by atoms with Crippen molar-refractivity contribution in [3.05, 3.63) is 52.8 Å². The Balaban J connectivity index is 1.43. The maximum absolute atomic E-state index is 13.4. The molecule has 0 radical (unpaired) electrons. The van der Waals surface area contributed by atoms with Crippen molar-refractivity contribution in [3.63, 3.8) is 0 Å². The lowest BCUT2D eigenvalue weighted by Crippen LogP contribution is -2.35. The summed E-state index contributed by atoms with van der Waals surface area (Å²) in [5.41, 5.74) is 2.81. The minimum atomic E-state index is 0.0807. The number of benzene rings is 1. The molecule has 0 spiro atoms. The van der Waals surface area contributed by atoms with Crippen molar-refractivity contribution in [3.8, 4) is 5.75 Å². The highest BCUT2D eigenvalue weighted by Crippen LogP contribution is 2.22. The molecule has 0 bridgehead atoms. The number of aromatic nitrogens is 2. The molecule has 1 fully saturated rings. The van der Waals surface area contributed by atoms with E-state index in [1.54, 1.807) is 11.3 Å². The van der Waals surface area contributed by atoms with Crippen LogP contribution >= 0.6 is 11.3 Å². The smallest absolute Gasteiger partial charge is 0.274 e. The van der Waals surface area contributed by atoms with E-state index in [1.165, 1.54) is 24.8 Å². The van der Waals surface area contributed by atoms with Gasteiger partial charge in [-0.25, -0.2) is 4.98 Å². The van der Waals surface area contributed by atoms with Crippen LogP contribution in [-0.2, 0) is 6.54 Å². The van der Waals surface area contributed by atoms with Crippen LogP contribution in [0.4, 0.5) is 0 Å². The summed E-state index contributed by atoms with van der Waals surface area (Å²) in [6, 6.07) is 8.12. The second-order valence-electron chi connectivity index (χ2n) is 8.42. The fourth-order valence-corrected chi connectivity index (χ4v) is 4.78. The molecule has 0 aliphatic carbocycles. The number of likely N-dealkylation sites (N-methyl/N-ethyl adjacent to an activating group) is 1. The number of fused-ring (bicyclic) bond motifs is 1. The van der Waals surface area contributed by atoms with Crippen molar-refractivity contribution in [1.82, 2.24) is 19.2 Å². The van der Waals surface area contributed by atoms with Gasteiger partial charge >= 0.3 is 0 Å². The zero-order chi connectivity index (χ0) is 21.6. The zero-order valence-electron chi connectivity index (χ0n) is 18.5. The van der Waals surface area contributed by atoms with Crippen LogP contribution in [0.1, 0.15) is 53.8 Å². The maximum Gasteiger partial charge on any atom is 0.274 e. The summed E-state index contributed by atoms with van der Waals surface area (Å²) in [5.74, 6) is 0.966. The van der Waals surface area contributed by atoms with E-state index in [0.717, 1.165) is 48.9 Å². The molecule has 1 saturated heterocycles. The molecule has 2 aromatic heterocycles. The summed E-state index contributed by atoms with van der Waals surface area (Å²) in [5, 5.41) is 2.02. The number of carbonyl (C=O) groups excluding carboxylic acids is 1. The van der Waals surface area contributed by atoms with Gasteiger partial charge in [-0.2, -0.15) is 0 Å². The van der Waals surface area contributed by atoms with E-state index in [4.69, 9.17) is 9.72 Å². The number of nitrogens with zero attached hydrogens (tertiary/aromatic N) is 4. The third-order valence-electron chi connectivity index (χ3n) is 5.89. The molecule has 1 aliphatic rings. The Bertz CT molecular complexity index is 987. The highest BCUT2D eigenvalue weighted by molar-refractivity contribution is 7.15. The molecule has 0 N–H and O–H groups in total. The Hall–Kier alpha value is -2.38. The fourth-order valence-electron chi connectivity index (χ4n) is 4.04. The van der Waals surface area contributed by atoms with Gasteiger partial charge in [0.05, 0.1) is 5.69 Å². The summed E-state index contributed by atoms with van der Waals surface area (Å²) < 4.78 is 7.95.